The lowest BCUT2D eigenvalue weighted by Gasteiger charge is -2.30. The lowest BCUT2D eigenvalue weighted by atomic mass is 9.02. The van der Waals surface area contributed by atoms with Crippen LogP contribution in [0.1, 0.15) is 383 Å². The van der Waals surface area contributed by atoms with Gasteiger partial charge < -0.3 is 0 Å². The van der Waals surface area contributed by atoms with E-state index in [4.69, 9.17) is 186 Å². The Morgan fingerprint density at radius 1 is 0.224 bits per heavy atom. The fourth-order valence-corrected chi connectivity index (χ4v) is 17.7. The van der Waals surface area contributed by atoms with Crippen molar-refractivity contribution in [3.63, 3.8) is 0 Å². The highest BCUT2D eigenvalue weighted by Gasteiger charge is 2.40. The molecule has 0 saturated carbocycles. The molecule has 7 aromatic rings. The van der Waals surface area contributed by atoms with Crippen LogP contribution in [0.5, 0.6) is 0 Å². The lowest BCUT2D eigenvalue weighted by Crippen LogP contribution is -2.55. The fraction of sp³-hybridized carbons (Fsp3) is 0.553. The van der Waals surface area contributed by atoms with Gasteiger partial charge in [-0.1, -0.05) is 298 Å². The van der Waals surface area contributed by atoms with Crippen molar-refractivity contribution < 1.29 is 26.3 Å². The Kier molecular flexibility index (Phi) is 54.6. The summed E-state index contributed by atoms with van der Waals surface area (Å²) < 4.78 is 78.2. The summed E-state index contributed by atoms with van der Waals surface area (Å²) in [5, 5.41) is 0. The molecule has 3 aromatic carbocycles. The first-order chi connectivity index (χ1) is 61.6. The molecular weight excluding hydrogens is 1610 g/mol. The van der Waals surface area contributed by atoms with Gasteiger partial charge in [0.05, 0.1) is 69.7 Å². The summed E-state index contributed by atoms with van der Waals surface area (Å²) in [6.07, 6.45) is -9.12. The molecule has 626 valence electrons. The van der Waals surface area contributed by atoms with E-state index in [0.29, 0.717) is 79.0 Å². The average molecular weight is 1720 g/mol. The molecule has 0 unspecified atom stereocenters. The molecule has 4 nitrogen and oxygen atoms in total. The number of rotatable bonds is 29. The molecule has 0 saturated heterocycles. The maximum absolute atomic E-state index is 13.1. The van der Waals surface area contributed by atoms with Gasteiger partial charge in [0.25, 0.3) is 0 Å². The Hall–Kier alpha value is -3.63. The number of alkyl halides is 6. The largest absolute Gasteiger partial charge is 0.432 e. The van der Waals surface area contributed by atoms with Crippen LogP contribution in [0.25, 0.3) is 0 Å². The number of aromatic nitrogens is 4. The number of hydrogen-bond donors (Lipinski definition) is 0. The molecule has 0 N–H and O–H groups in total. The van der Waals surface area contributed by atoms with Crippen molar-refractivity contribution in [2.75, 3.05) is 0 Å². The quantitative estimate of drug-likeness (QED) is 0.0387. The molecule has 0 spiro atoms. The number of nitrogens with zero attached hydrogens (tertiary/aromatic N) is 4. The van der Waals surface area contributed by atoms with Crippen molar-refractivity contribution in [3.05, 3.63) is 106 Å². The second-order valence-electron chi connectivity index (χ2n) is 38.0. The van der Waals surface area contributed by atoms with E-state index in [1.54, 1.807) is 55.9 Å². The third kappa shape index (κ3) is 31.7. The van der Waals surface area contributed by atoms with E-state index in [2.05, 4.69) is 172 Å². The molecule has 58 radical (unpaired) electrons. The Labute approximate surface area is 850 Å². The standard InChI is InChI=1S/2C13H17B7.C13H17B6.2C12H14B3F3N.C11H14B7N.C11H14B6N/c1-6(2)9-8(5)13(20(17)19-16)10(7(3)4)12(18-15)11(9)14;1-6(2)9-8(5)13(20(17)19-16)12(18-15)10(7(3)4)11(9)14;1-6(2)9-8(5)13(19(16)17)12(18-15)11(14)10(9)7(3)4;1-5(2)7-8(13)9(15-14)11(12(16,17)18)19-10(7)6(3)4;1-5(2)7-8(13)10(6(3)4)19-11(9(7)15-14)12(16,17)18;1-5(2)7-8(12)10(6(3)4)19-11(9(7)16-13)18(15)17-14;1-5(2)7-8(12)9(16-13)11(17(14)15)18-10(7)6(3)4/h2*6-7H,1-5H3;6-7H,1-5H3;3*5-6H,1-4H3;5-6H,1-4H3. The van der Waals surface area contributed by atoms with Crippen molar-refractivity contribution in [1.82, 2.24) is 19.9 Å². The van der Waals surface area contributed by atoms with Gasteiger partial charge in [0.1, 0.15) is 79.3 Å². The Bertz CT molecular complexity index is 4970. The number of benzene rings is 3. The molecule has 0 aliphatic heterocycles. The van der Waals surface area contributed by atoms with Gasteiger partial charge in [-0.15, -0.1) is 32.8 Å². The summed E-state index contributed by atoms with van der Waals surface area (Å²) in [4.78, 5) is 16.6. The first kappa shape index (κ1) is 128. The summed E-state index contributed by atoms with van der Waals surface area (Å²) in [6, 6.07) is 0. The number of halogens is 6. The minimum absolute atomic E-state index is 0.0223. The van der Waals surface area contributed by atoms with Crippen LogP contribution in [-0.2, 0) is 12.4 Å². The zero-order valence-electron chi connectivity index (χ0n) is 85.7. The van der Waals surface area contributed by atoms with E-state index < -0.39 is 43.2 Å². The summed E-state index contributed by atoms with van der Waals surface area (Å²) in [5.74, 6) is 2.32. The Morgan fingerprint density at radius 2 is 0.493 bits per heavy atom. The first-order valence-electron chi connectivity index (χ1n) is 45.8. The zero-order chi connectivity index (χ0) is 105. The first-order valence-corrected chi connectivity index (χ1v) is 45.8. The highest BCUT2D eigenvalue weighted by molar-refractivity contribution is 7.52. The minimum atomic E-state index is -4.57. The highest BCUT2D eigenvalue weighted by atomic mass is 19.4. The van der Waals surface area contributed by atoms with Crippen LogP contribution < -0.4 is 104 Å². The van der Waals surface area contributed by atoms with E-state index in [-0.39, 0.29) is 94.3 Å². The van der Waals surface area contributed by atoms with Crippen molar-refractivity contribution in [2.24, 2.45) is 0 Å². The maximum atomic E-state index is 13.1. The molecule has 7 rings (SSSR count). The van der Waals surface area contributed by atoms with Gasteiger partial charge in [0.15, 0.2) is 0 Å². The van der Waals surface area contributed by atoms with E-state index in [1.807, 2.05) is 20.8 Å². The third-order valence-corrected chi connectivity index (χ3v) is 23.3. The second kappa shape index (κ2) is 57.0. The van der Waals surface area contributed by atoms with E-state index >= 15 is 0 Å². The smallest absolute Gasteiger partial charge is 0.270 e. The molecule has 49 heteroatoms. The van der Waals surface area contributed by atoms with Gasteiger partial charge >= 0.3 is 12.4 Å². The summed E-state index contributed by atoms with van der Waals surface area (Å²) in [5.41, 5.74) is 25.5. The predicted octanol–water partition coefficient (Wildman–Crippen LogP) is -2.46. The molecule has 0 bridgehead atoms. The Balaban J connectivity index is 0.000000782. The average Bonchev–Trinajstić information content (AvgIpc) is 0.762. The molecule has 4 heterocycles. The van der Waals surface area contributed by atoms with Crippen molar-refractivity contribution in [1.29, 1.82) is 0 Å². The van der Waals surface area contributed by atoms with Crippen molar-refractivity contribution in [2.45, 2.75) is 310 Å². The molecule has 0 atom stereocenters. The van der Waals surface area contributed by atoms with Gasteiger partial charge in [-0.05, 0) is 143 Å². The van der Waals surface area contributed by atoms with Gasteiger partial charge in [0, 0.05) is 175 Å². The van der Waals surface area contributed by atoms with Gasteiger partial charge in [-0.25, -0.2) is 9.97 Å². The Morgan fingerprint density at radius 3 is 0.813 bits per heavy atom. The number of pyridine rings is 4. The van der Waals surface area contributed by atoms with E-state index in [0.717, 1.165) is 131 Å². The van der Waals surface area contributed by atoms with Gasteiger partial charge in [-0.2, -0.15) is 26.3 Å². The van der Waals surface area contributed by atoms with Crippen LogP contribution in [0.4, 0.5) is 26.3 Å². The predicted molar refractivity (Wildman–Crippen MR) is 615 cm³/mol. The maximum Gasteiger partial charge on any atom is 0.432 e. The molecule has 134 heavy (non-hydrogen) atoms. The molecule has 0 aliphatic rings. The van der Waals surface area contributed by atoms with Crippen LogP contribution in [0.2, 0.25) is 0 Å². The summed E-state index contributed by atoms with van der Waals surface area (Å²) in [7, 11) is 155. The van der Waals surface area contributed by atoms with E-state index in [1.165, 1.54) is 48.3 Å². The van der Waals surface area contributed by atoms with Crippen molar-refractivity contribution in [3.8, 4) is 0 Å². The second-order valence-corrected chi connectivity index (χ2v) is 38.0. The van der Waals surface area contributed by atoms with Crippen LogP contribution >= 0.6 is 0 Å². The van der Waals surface area contributed by atoms with Crippen LogP contribution in [-0.4, -0.2) is 310 Å². The zero-order valence-corrected chi connectivity index (χ0v) is 85.7. The van der Waals surface area contributed by atoms with Crippen LogP contribution in [0, 0.1) is 20.8 Å². The lowest BCUT2D eigenvalue weighted by molar-refractivity contribution is -0.141. The third-order valence-electron chi connectivity index (χ3n) is 23.3. The van der Waals surface area contributed by atoms with E-state index in [9.17, 15) is 26.3 Å². The number of hydrogen-bond acceptors (Lipinski definition) is 4. The fourth-order valence-electron chi connectivity index (χ4n) is 17.7. The van der Waals surface area contributed by atoms with Gasteiger partial charge in [0.2, 0.25) is 0 Å². The molecule has 0 amide bonds. The monoisotopic (exact) mass is 1730 g/mol. The van der Waals surface area contributed by atoms with Gasteiger partial charge in [-0.3, -0.25) is 9.97 Å². The topological polar surface area (TPSA) is 51.6 Å². The molecule has 4 aromatic heterocycles. The SMILES string of the molecule is [B][B]B([B])c1c(C)c(C(C)C)c([B])c(C(C)C)c1[B][B].[B][B]B([B])c1c(C)c(C(C)C)c([B])c([B][B])c1C(C)C.[B][B]B([B])c1nc(C(C)C)c([B])c(C(C)C)c1[B][B].[B][B]c1c(B([B])[B])nc(C(C)C)c(C(C)C)c1[B].[B][B]c1c(C(F)(F)F)nc(C(C)C)c(C(C)C)c1[B].[B][B]c1c(C(F)(F)F)nc(C(C)C)c([B])c1C(C)C.[B][B]c1c([B])c(C(C)C)c(C(C)C)c(C)c1B([B])[B]. The normalized spacial score (nSPS) is 11.3. The summed E-state index contributed by atoms with van der Waals surface area (Å²) in [6.45, 7) is 60.3. The molecular formula is C85H107B39F6N4. The van der Waals surface area contributed by atoms with Crippen LogP contribution in [0.15, 0.2) is 0 Å². The molecule has 0 fully saturated rings. The summed E-state index contributed by atoms with van der Waals surface area (Å²) >= 11 is 0. The highest BCUT2D eigenvalue weighted by Crippen LogP contribution is 2.33. The van der Waals surface area contributed by atoms with Crippen molar-refractivity contribution >= 4 is 394 Å². The van der Waals surface area contributed by atoms with Crippen LogP contribution in [0.3, 0.4) is 0 Å². The minimum Gasteiger partial charge on any atom is -0.270 e. The molecule has 0 aliphatic carbocycles.